The van der Waals surface area contributed by atoms with E-state index >= 15 is 0 Å². The van der Waals surface area contributed by atoms with Gasteiger partial charge in [-0.05, 0) is 18.1 Å². The number of hydrogen-bond acceptors (Lipinski definition) is 3. The molecule has 1 atom stereocenters. The van der Waals surface area contributed by atoms with Gasteiger partial charge >= 0.3 is 0 Å². The van der Waals surface area contributed by atoms with E-state index in [1.165, 1.54) is 5.56 Å². The van der Waals surface area contributed by atoms with Gasteiger partial charge in [0.1, 0.15) is 5.01 Å². The number of hydrogen-bond donors (Lipinski definition) is 1. The van der Waals surface area contributed by atoms with Crippen molar-refractivity contribution >= 4 is 11.3 Å². The molecule has 2 aromatic heterocycles. The Morgan fingerprint density at radius 1 is 1.60 bits per heavy atom. The summed E-state index contributed by atoms with van der Waals surface area (Å²) in [6.07, 6.45) is 6.98. The molecule has 1 unspecified atom stereocenters. The first-order valence-corrected chi connectivity index (χ1v) is 5.97. The third-order valence-corrected chi connectivity index (χ3v) is 3.21. The van der Waals surface area contributed by atoms with Crippen molar-refractivity contribution in [1.82, 2.24) is 9.55 Å². The van der Waals surface area contributed by atoms with Crippen molar-refractivity contribution < 1.29 is 0 Å². The Hall–Kier alpha value is -1.13. The molecule has 0 saturated carbocycles. The second-order valence-electron chi connectivity index (χ2n) is 3.56. The van der Waals surface area contributed by atoms with Gasteiger partial charge in [0.15, 0.2) is 0 Å². The van der Waals surface area contributed by atoms with Crippen LogP contribution in [0.25, 0.3) is 0 Å². The summed E-state index contributed by atoms with van der Waals surface area (Å²) in [4.78, 5) is 4.25. The van der Waals surface area contributed by atoms with E-state index in [-0.39, 0.29) is 6.04 Å². The van der Waals surface area contributed by atoms with Gasteiger partial charge in [0.05, 0.1) is 6.54 Å². The molecule has 0 amide bonds. The minimum absolute atomic E-state index is 0.155. The predicted molar refractivity (Wildman–Crippen MR) is 62.9 cm³/mol. The summed E-state index contributed by atoms with van der Waals surface area (Å²) >= 11 is 1.68. The Kier molecular flexibility index (Phi) is 3.18. The van der Waals surface area contributed by atoms with Crippen molar-refractivity contribution in [2.24, 2.45) is 5.73 Å². The molecule has 0 aliphatic carbocycles. The van der Waals surface area contributed by atoms with Crippen molar-refractivity contribution in [2.75, 3.05) is 0 Å². The molecule has 15 heavy (non-hydrogen) atoms. The third-order valence-electron chi connectivity index (χ3n) is 2.44. The maximum absolute atomic E-state index is 5.95. The lowest BCUT2D eigenvalue weighted by Gasteiger charge is -2.04. The molecular formula is C11H15N3S. The molecule has 0 radical (unpaired) electrons. The number of nitrogens with two attached hydrogens (primary N) is 1. The van der Waals surface area contributed by atoms with Gasteiger partial charge in [-0.2, -0.15) is 0 Å². The fourth-order valence-corrected chi connectivity index (χ4v) is 2.12. The van der Waals surface area contributed by atoms with Crippen LogP contribution in [-0.2, 0) is 6.54 Å². The van der Waals surface area contributed by atoms with Crippen LogP contribution in [0.1, 0.15) is 30.0 Å². The molecule has 0 aliphatic heterocycles. The summed E-state index contributed by atoms with van der Waals surface area (Å²) in [5.74, 6) is 0. The fraction of sp³-hybridized carbons (Fsp3) is 0.364. The van der Waals surface area contributed by atoms with Gasteiger partial charge in [-0.25, -0.2) is 4.98 Å². The summed E-state index contributed by atoms with van der Waals surface area (Å²) < 4.78 is 2.13. The first-order chi connectivity index (χ1) is 7.29. The van der Waals surface area contributed by atoms with Crippen LogP contribution in [0.5, 0.6) is 0 Å². The molecule has 0 bridgehead atoms. The molecule has 2 N–H and O–H groups in total. The number of nitrogens with zero attached hydrogens (tertiary/aromatic N) is 2. The van der Waals surface area contributed by atoms with Gasteiger partial charge < -0.3 is 10.3 Å². The second kappa shape index (κ2) is 4.59. The average Bonchev–Trinajstić information content (AvgIpc) is 2.88. The highest BCUT2D eigenvalue weighted by molar-refractivity contribution is 7.09. The lowest BCUT2D eigenvalue weighted by Crippen LogP contribution is -2.07. The molecular weight excluding hydrogens is 206 g/mol. The third kappa shape index (κ3) is 2.46. The van der Waals surface area contributed by atoms with Crippen molar-refractivity contribution in [1.29, 1.82) is 0 Å². The summed E-state index contributed by atoms with van der Waals surface area (Å²) in [5, 5.41) is 3.12. The lowest BCUT2D eigenvalue weighted by atomic mass is 10.1. The Balaban J connectivity index is 2.07. The minimum Gasteiger partial charge on any atom is -0.347 e. The topological polar surface area (TPSA) is 43.8 Å². The van der Waals surface area contributed by atoms with E-state index in [0.29, 0.717) is 0 Å². The summed E-state index contributed by atoms with van der Waals surface area (Å²) in [5.41, 5.74) is 7.16. The fourth-order valence-electron chi connectivity index (χ4n) is 1.50. The molecule has 0 fully saturated rings. The minimum atomic E-state index is 0.155. The maximum Gasteiger partial charge on any atom is 0.112 e. The quantitative estimate of drug-likeness (QED) is 0.861. The highest BCUT2D eigenvalue weighted by Crippen LogP contribution is 2.15. The Morgan fingerprint density at radius 2 is 2.47 bits per heavy atom. The van der Waals surface area contributed by atoms with Gasteiger partial charge in [-0.15, -0.1) is 11.3 Å². The molecule has 2 heterocycles. The molecule has 4 heteroatoms. The smallest absolute Gasteiger partial charge is 0.112 e. The molecule has 0 aliphatic rings. The van der Waals surface area contributed by atoms with Crippen LogP contribution >= 0.6 is 11.3 Å². The first-order valence-electron chi connectivity index (χ1n) is 5.09. The van der Waals surface area contributed by atoms with Crippen molar-refractivity contribution in [3.05, 3.63) is 40.6 Å². The summed E-state index contributed by atoms with van der Waals surface area (Å²) in [6, 6.07) is 2.24. The van der Waals surface area contributed by atoms with E-state index in [0.717, 1.165) is 18.0 Å². The van der Waals surface area contributed by atoms with Crippen molar-refractivity contribution in [3.63, 3.8) is 0 Å². The predicted octanol–water partition coefficient (Wildman–Crippen LogP) is 2.40. The monoisotopic (exact) mass is 221 g/mol. The van der Waals surface area contributed by atoms with Gasteiger partial charge in [0.2, 0.25) is 0 Å². The van der Waals surface area contributed by atoms with E-state index in [2.05, 4.69) is 34.9 Å². The number of aromatic nitrogens is 2. The van der Waals surface area contributed by atoms with Crippen LogP contribution in [0.4, 0.5) is 0 Å². The van der Waals surface area contributed by atoms with Crippen LogP contribution in [0.2, 0.25) is 0 Å². The van der Waals surface area contributed by atoms with Gasteiger partial charge in [-0.1, -0.05) is 6.92 Å². The zero-order valence-electron chi connectivity index (χ0n) is 8.76. The molecule has 0 saturated heterocycles. The Labute approximate surface area is 93.6 Å². The zero-order valence-corrected chi connectivity index (χ0v) is 9.57. The van der Waals surface area contributed by atoms with Crippen molar-refractivity contribution in [3.8, 4) is 0 Å². The zero-order chi connectivity index (χ0) is 10.7. The SMILES string of the molecule is CCC(N)c1ccn(Cc2nccs2)c1. The van der Waals surface area contributed by atoms with Gasteiger partial charge in [0.25, 0.3) is 0 Å². The highest BCUT2D eigenvalue weighted by Gasteiger charge is 2.05. The molecule has 2 aromatic rings. The average molecular weight is 221 g/mol. The molecule has 2 rings (SSSR count). The highest BCUT2D eigenvalue weighted by atomic mass is 32.1. The van der Waals surface area contributed by atoms with Crippen LogP contribution in [0, 0.1) is 0 Å². The van der Waals surface area contributed by atoms with E-state index in [4.69, 9.17) is 5.73 Å². The second-order valence-corrected chi connectivity index (χ2v) is 4.54. The first kappa shape index (κ1) is 10.4. The number of rotatable bonds is 4. The largest absolute Gasteiger partial charge is 0.347 e. The Morgan fingerprint density at radius 3 is 3.13 bits per heavy atom. The maximum atomic E-state index is 5.95. The van der Waals surface area contributed by atoms with E-state index in [1.54, 1.807) is 11.3 Å². The molecule has 0 aromatic carbocycles. The van der Waals surface area contributed by atoms with Gasteiger partial charge in [0, 0.05) is 30.0 Å². The summed E-state index contributed by atoms with van der Waals surface area (Å²) in [7, 11) is 0. The molecule has 0 spiro atoms. The van der Waals surface area contributed by atoms with Gasteiger partial charge in [-0.3, -0.25) is 0 Å². The molecule has 3 nitrogen and oxygen atoms in total. The van der Waals surface area contributed by atoms with E-state index in [9.17, 15) is 0 Å². The lowest BCUT2D eigenvalue weighted by molar-refractivity contribution is 0.692. The standard InChI is InChI=1S/C11H15N3S/c1-2-10(12)9-3-5-14(7-9)8-11-13-4-6-15-11/h3-7,10H,2,8,12H2,1H3. The van der Waals surface area contributed by atoms with Crippen molar-refractivity contribution in [2.45, 2.75) is 25.9 Å². The molecule has 80 valence electrons. The van der Waals surface area contributed by atoms with Crippen LogP contribution in [-0.4, -0.2) is 9.55 Å². The van der Waals surface area contributed by atoms with E-state index in [1.807, 2.05) is 11.6 Å². The number of thiazole rings is 1. The van der Waals surface area contributed by atoms with Crippen LogP contribution in [0.3, 0.4) is 0 Å². The normalized spacial score (nSPS) is 12.9. The van der Waals surface area contributed by atoms with Crippen LogP contribution < -0.4 is 5.73 Å². The summed E-state index contributed by atoms with van der Waals surface area (Å²) in [6.45, 7) is 2.94. The van der Waals surface area contributed by atoms with Crippen LogP contribution in [0.15, 0.2) is 30.0 Å². The Bertz CT molecular complexity index is 405. The van der Waals surface area contributed by atoms with E-state index < -0.39 is 0 Å².